The molecule has 6 nitrogen and oxygen atoms in total. The van der Waals surface area contributed by atoms with Crippen molar-refractivity contribution in [2.75, 3.05) is 12.7 Å². The van der Waals surface area contributed by atoms with E-state index in [1.165, 1.54) is 0 Å². The molecule has 7 heteroatoms. The second kappa shape index (κ2) is 9.42. The van der Waals surface area contributed by atoms with Crippen molar-refractivity contribution in [2.45, 2.75) is 48.0 Å². The van der Waals surface area contributed by atoms with E-state index in [9.17, 15) is 14.2 Å². The van der Waals surface area contributed by atoms with E-state index in [4.69, 9.17) is 5.53 Å². The first-order valence-electron chi connectivity index (χ1n) is 9.88. The summed E-state index contributed by atoms with van der Waals surface area (Å²) in [6.45, 7) is 11.1. The minimum absolute atomic E-state index is 0.0821. The highest BCUT2D eigenvalue weighted by Crippen LogP contribution is 2.54. The molecule has 0 amide bonds. The molecule has 0 spiro atoms. The van der Waals surface area contributed by atoms with Crippen molar-refractivity contribution in [1.82, 2.24) is 0 Å². The average molecular weight is 425 g/mol. The lowest BCUT2D eigenvalue weighted by atomic mass is 10.0. The molecule has 0 saturated heterocycles. The number of azide groups is 1. The smallest absolute Gasteiger partial charge is 0.229 e. The van der Waals surface area contributed by atoms with E-state index in [-0.39, 0.29) is 19.1 Å². The minimum atomic E-state index is -3.98. The number of nitrogens with zero attached hydrogens (tertiary/aromatic N) is 3. The summed E-state index contributed by atoms with van der Waals surface area (Å²) in [6, 6.07) is 7.43. The van der Waals surface area contributed by atoms with Crippen molar-refractivity contribution in [2.24, 2.45) is 5.11 Å². The van der Waals surface area contributed by atoms with Gasteiger partial charge >= 0.3 is 0 Å². The summed E-state index contributed by atoms with van der Waals surface area (Å²) in [6.07, 6.45) is 0.0793. The molecule has 0 aliphatic carbocycles. The van der Waals surface area contributed by atoms with Crippen LogP contribution in [0.1, 0.15) is 60.5 Å². The van der Waals surface area contributed by atoms with Crippen LogP contribution in [0.3, 0.4) is 0 Å². The van der Waals surface area contributed by atoms with E-state index in [0.717, 1.165) is 11.1 Å². The minimum Gasteiger partial charge on any atom is -0.307 e. The summed E-state index contributed by atoms with van der Waals surface area (Å²) < 4.78 is 14.1. The Morgan fingerprint density at radius 2 is 1.20 bits per heavy atom. The van der Waals surface area contributed by atoms with Crippen LogP contribution in [0.15, 0.2) is 29.4 Å². The molecule has 0 saturated carbocycles. The number of rotatable bonds is 8. The quantitative estimate of drug-likeness (QED) is 0.157. The van der Waals surface area contributed by atoms with Crippen molar-refractivity contribution in [3.63, 3.8) is 0 Å². The van der Waals surface area contributed by atoms with Gasteiger partial charge in [-0.05, 0) is 75.7 Å². The Kier molecular flexibility index (Phi) is 7.41. The number of hydrogen-bond acceptors (Lipinski definition) is 4. The summed E-state index contributed by atoms with van der Waals surface area (Å²) in [5, 5.41) is 3.47. The van der Waals surface area contributed by atoms with Crippen LogP contribution < -0.4 is 0 Å². The van der Waals surface area contributed by atoms with Crippen molar-refractivity contribution in [1.29, 1.82) is 0 Å². The molecule has 0 unspecified atom stereocenters. The summed E-state index contributed by atoms with van der Waals surface area (Å²) in [5.41, 5.74) is 12.8. The molecule has 2 aromatic rings. The van der Waals surface area contributed by atoms with E-state index in [2.05, 4.69) is 10.0 Å². The van der Waals surface area contributed by atoms with Crippen LogP contribution in [0.2, 0.25) is 0 Å². The maximum Gasteiger partial charge on any atom is 0.229 e. The van der Waals surface area contributed by atoms with Crippen LogP contribution in [0.5, 0.6) is 0 Å². The van der Waals surface area contributed by atoms with Crippen molar-refractivity contribution >= 4 is 18.2 Å². The standard InChI is InChI=1S/C23H28N3O3P/c1-14-10-16(3)20(17(4)11-14)22(27)30(29,9-7-8-25-26-24)23(28)21-18(5)12-15(2)13-19(21)6/h10-13H,7-9H2,1-6H3. The number of carbonyl (C=O) groups excluding carboxylic acids is 2. The molecule has 0 atom stereocenters. The molecule has 2 rings (SSSR count). The van der Waals surface area contributed by atoms with Crippen LogP contribution in [-0.2, 0) is 4.57 Å². The van der Waals surface area contributed by atoms with Crippen LogP contribution in [0.4, 0.5) is 0 Å². The molecule has 2 aromatic carbocycles. The van der Waals surface area contributed by atoms with Gasteiger partial charge in [0, 0.05) is 28.7 Å². The Morgan fingerprint density at radius 1 is 0.833 bits per heavy atom. The van der Waals surface area contributed by atoms with Crippen LogP contribution in [-0.4, -0.2) is 23.8 Å². The van der Waals surface area contributed by atoms with Gasteiger partial charge in [-0.1, -0.05) is 40.5 Å². The van der Waals surface area contributed by atoms with Crippen molar-refractivity contribution in [3.8, 4) is 0 Å². The Bertz CT molecular complexity index is 995. The number of carbonyl (C=O) groups is 2. The second-order valence-corrected chi connectivity index (χ2v) is 10.7. The van der Waals surface area contributed by atoms with Crippen molar-refractivity contribution in [3.05, 3.63) is 79.2 Å². The van der Waals surface area contributed by atoms with Gasteiger partial charge in [-0.15, -0.1) is 0 Å². The van der Waals surface area contributed by atoms with Gasteiger partial charge in [0.05, 0.1) is 0 Å². The third kappa shape index (κ3) is 4.72. The Balaban J connectivity index is 2.65. The lowest BCUT2D eigenvalue weighted by Gasteiger charge is -2.21. The monoisotopic (exact) mass is 425 g/mol. The number of aryl methyl sites for hydroxylation is 6. The second-order valence-electron chi connectivity index (χ2n) is 7.93. The first-order chi connectivity index (χ1) is 14.0. The fraction of sp³-hybridized carbons (Fsp3) is 0.391. The van der Waals surface area contributed by atoms with Gasteiger partial charge in [0.25, 0.3) is 0 Å². The summed E-state index contributed by atoms with van der Waals surface area (Å²) in [5.74, 6) is 0. The normalized spacial score (nSPS) is 11.1. The van der Waals surface area contributed by atoms with Crippen LogP contribution >= 0.6 is 7.14 Å². The van der Waals surface area contributed by atoms with E-state index >= 15 is 0 Å². The number of benzene rings is 2. The fourth-order valence-electron chi connectivity index (χ4n) is 4.10. The van der Waals surface area contributed by atoms with Gasteiger partial charge in [-0.25, -0.2) is 0 Å². The molecule has 0 bridgehead atoms. The first-order valence-corrected chi connectivity index (χ1v) is 11.8. The van der Waals surface area contributed by atoms with Gasteiger partial charge in [0.1, 0.15) is 0 Å². The lowest BCUT2D eigenvalue weighted by molar-refractivity contribution is 0.103. The zero-order valence-electron chi connectivity index (χ0n) is 18.4. The highest BCUT2D eigenvalue weighted by molar-refractivity contribution is 7.95. The zero-order chi connectivity index (χ0) is 22.6. The molecule has 0 radical (unpaired) electrons. The summed E-state index contributed by atoms with van der Waals surface area (Å²) in [7, 11) is -3.98. The van der Waals surface area contributed by atoms with Gasteiger partial charge in [-0.3, -0.25) is 9.59 Å². The third-order valence-corrected chi connectivity index (χ3v) is 7.94. The molecule has 0 aromatic heterocycles. The Labute approximate surface area is 177 Å². The fourth-order valence-corrected chi connectivity index (χ4v) is 6.71. The van der Waals surface area contributed by atoms with Gasteiger partial charge in [-0.2, -0.15) is 0 Å². The lowest BCUT2D eigenvalue weighted by Crippen LogP contribution is -2.18. The summed E-state index contributed by atoms with van der Waals surface area (Å²) >= 11 is 0. The van der Waals surface area contributed by atoms with Gasteiger partial charge < -0.3 is 4.57 Å². The molecule has 158 valence electrons. The van der Waals surface area contributed by atoms with Gasteiger partial charge in [0.15, 0.2) is 0 Å². The molecular weight excluding hydrogens is 397 g/mol. The topological polar surface area (TPSA) is 100.0 Å². The molecule has 0 aliphatic heterocycles. The van der Waals surface area contributed by atoms with Crippen LogP contribution in [0.25, 0.3) is 10.4 Å². The molecule has 0 N–H and O–H groups in total. The first kappa shape index (κ1) is 23.6. The van der Waals surface area contributed by atoms with E-state index in [1.54, 1.807) is 27.7 Å². The maximum atomic E-state index is 14.1. The molecule has 30 heavy (non-hydrogen) atoms. The largest absolute Gasteiger partial charge is 0.307 e. The number of hydrogen-bond donors (Lipinski definition) is 0. The predicted molar refractivity (Wildman–Crippen MR) is 121 cm³/mol. The van der Waals surface area contributed by atoms with Gasteiger partial charge in [0.2, 0.25) is 18.2 Å². The predicted octanol–water partition coefficient (Wildman–Crippen LogP) is 6.58. The Hall–Kier alpha value is -2.68. The zero-order valence-corrected chi connectivity index (χ0v) is 19.3. The van der Waals surface area contributed by atoms with E-state index < -0.39 is 18.2 Å². The van der Waals surface area contributed by atoms with Crippen molar-refractivity contribution < 1.29 is 14.2 Å². The molecule has 0 fully saturated rings. The van der Waals surface area contributed by atoms with Crippen LogP contribution in [0, 0.1) is 41.5 Å². The highest BCUT2D eigenvalue weighted by atomic mass is 31.2. The highest BCUT2D eigenvalue weighted by Gasteiger charge is 2.42. The molecular formula is C23H28N3O3P. The average Bonchev–Trinajstić information content (AvgIpc) is 2.63. The summed E-state index contributed by atoms with van der Waals surface area (Å²) in [4.78, 5) is 29.9. The Morgan fingerprint density at radius 3 is 1.53 bits per heavy atom. The molecule has 0 aliphatic rings. The SMILES string of the molecule is Cc1cc(C)c(C(=O)P(=O)(CCCN=[N+]=[N-])C(=O)c2c(C)cc(C)cc2C)c(C)c1. The van der Waals surface area contributed by atoms with E-state index in [1.807, 2.05) is 38.1 Å². The molecule has 0 heterocycles. The maximum absolute atomic E-state index is 14.1. The van der Waals surface area contributed by atoms with E-state index in [0.29, 0.717) is 33.4 Å². The third-order valence-electron chi connectivity index (χ3n) is 5.23.